The van der Waals surface area contributed by atoms with Gasteiger partial charge in [0.2, 0.25) is 0 Å². The van der Waals surface area contributed by atoms with E-state index in [2.05, 4.69) is 92.6 Å². The largest absolute Gasteiger partial charge is 0.369 e. The minimum atomic E-state index is 0.482. The smallest absolute Gasteiger partial charge is 0.0520 e. The summed E-state index contributed by atoms with van der Waals surface area (Å²) < 4.78 is 2.28. The molecule has 1 aromatic heterocycles. The molecule has 1 N–H and O–H groups in total. The Bertz CT molecular complexity index is 596. The molecule has 0 radical (unpaired) electrons. The van der Waals surface area contributed by atoms with Gasteiger partial charge in [-0.05, 0) is 45.8 Å². The van der Waals surface area contributed by atoms with E-state index in [1.54, 1.807) is 11.3 Å². The first-order chi connectivity index (χ1) is 9.95. The van der Waals surface area contributed by atoms with Gasteiger partial charge in [-0.3, -0.25) is 0 Å². The number of benzene rings is 1. The van der Waals surface area contributed by atoms with Gasteiger partial charge in [-0.25, -0.2) is 0 Å². The average molecular weight is 432 g/mol. The van der Waals surface area contributed by atoms with E-state index < -0.39 is 0 Å². The standard InChI is InChI=1S/C16H20Br2N2S/c1-11(2)19-8-12-6-13(17)4-5-16(12)20(3)9-15-7-14(18)10-21-15/h4-7,10-11,19H,8-9H2,1-3H3. The van der Waals surface area contributed by atoms with Gasteiger partial charge >= 0.3 is 0 Å². The second-order valence-electron chi connectivity index (χ2n) is 5.40. The Kier molecular flexibility index (Phi) is 6.29. The molecule has 0 fully saturated rings. The summed E-state index contributed by atoms with van der Waals surface area (Å²) in [7, 11) is 2.15. The number of rotatable bonds is 6. The van der Waals surface area contributed by atoms with Gasteiger partial charge in [-0.2, -0.15) is 0 Å². The van der Waals surface area contributed by atoms with E-state index >= 15 is 0 Å². The third kappa shape index (κ3) is 5.09. The molecule has 0 spiro atoms. The van der Waals surface area contributed by atoms with Crippen LogP contribution in [0.25, 0.3) is 0 Å². The second-order valence-corrected chi connectivity index (χ2v) is 8.22. The molecular formula is C16H20Br2N2S. The topological polar surface area (TPSA) is 15.3 Å². The lowest BCUT2D eigenvalue weighted by molar-refractivity contribution is 0.588. The van der Waals surface area contributed by atoms with Gasteiger partial charge in [0.15, 0.2) is 0 Å². The Morgan fingerprint density at radius 1 is 1.19 bits per heavy atom. The lowest BCUT2D eigenvalue weighted by atomic mass is 10.1. The molecule has 0 aliphatic rings. The summed E-state index contributed by atoms with van der Waals surface area (Å²) >= 11 is 8.88. The summed E-state index contributed by atoms with van der Waals surface area (Å²) in [4.78, 5) is 3.66. The van der Waals surface area contributed by atoms with Gasteiger partial charge in [0.05, 0.1) is 6.54 Å². The van der Waals surface area contributed by atoms with E-state index in [9.17, 15) is 0 Å². The van der Waals surface area contributed by atoms with Gasteiger partial charge in [0.1, 0.15) is 0 Å². The molecule has 0 atom stereocenters. The molecule has 0 saturated carbocycles. The van der Waals surface area contributed by atoms with E-state index in [4.69, 9.17) is 0 Å². The first-order valence-electron chi connectivity index (χ1n) is 6.91. The van der Waals surface area contributed by atoms with Gasteiger partial charge in [0.25, 0.3) is 0 Å². The first kappa shape index (κ1) is 17.0. The number of nitrogens with one attached hydrogen (secondary N) is 1. The summed E-state index contributed by atoms with van der Waals surface area (Å²) in [5.74, 6) is 0. The fraction of sp³-hybridized carbons (Fsp3) is 0.375. The molecule has 0 aliphatic heterocycles. The Morgan fingerprint density at radius 2 is 1.95 bits per heavy atom. The Hall–Kier alpha value is -0.360. The zero-order chi connectivity index (χ0) is 15.4. The van der Waals surface area contributed by atoms with Crippen molar-refractivity contribution < 1.29 is 0 Å². The van der Waals surface area contributed by atoms with Crippen molar-refractivity contribution in [1.29, 1.82) is 0 Å². The van der Waals surface area contributed by atoms with Crippen molar-refractivity contribution in [3.05, 3.63) is 49.0 Å². The van der Waals surface area contributed by atoms with Gasteiger partial charge in [0, 0.05) is 44.5 Å². The summed E-state index contributed by atoms with van der Waals surface area (Å²) in [5, 5.41) is 5.63. The predicted molar refractivity (Wildman–Crippen MR) is 100 cm³/mol. The van der Waals surface area contributed by atoms with Crippen molar-refractivity contribution in [3.63, 3.8) is 0 Å². The zero-order valence-corrected chi connectivity index (χ0v) is 16.5. The number of hydrogen-bond donors (Lipinski definition) is 1. The lowest BCUT2D eigenvalue weighted by Gasteiger charge is -2.23. The average Bonchev–Trinajstić information content (AvgIpc) is 2.81. The predicted octanol–water partition coefficient (Wildman–Crippen LogP) is 5.41. The number of hydrogen-bond acceptors (Lipinski definition) is 3. The van der Waals surface area contributed by atoms with E-state index in [0.717, 1.165) is 22.0 Å². The Labute approximate surface area is 147 Å². The SMILES string of the molecule is CC(C)NCc1cc(Br)ccc1N(C)Cc1cc(Br)cs1. The van der Waals surface area contributed by atoms with Gasteiger partial charge in [-0.1, -0.05) is 29.8 Å². The van der Waals surface area contributed by atoms with Crippen LogP contribution in [0.4, 0.5) is 5.69 Å². The molecule has 0 aliphatic carbocycles. The first-order valence-corrected chi connectivity index (χ1v) is 9.38. The molecule has 114 valence electrons. The third-order valence-electron chi connectivity index (χ3n) is 3.17. The van der Waals surface area contributed by atoms with Crippen molar-refractivity contribution in [2.45, 2.75) is 33.0 Å². The van der Waals surface area contributed by atoms with Crippen molar-refractivity contribution in [3.8, 4) is 0 Å². The van der Waals surface area contributed by atoms with Crippen LogP contribution in [0.3, 0.4) is 0 Å². The molecule has 1 heterocycles. The number of thiophene rings is 1. The highest BCUT2D eigenvalue weighted by Crippen LogP contribution is 2.27. The van der Waals surface area contributed by atoms with Crippen molar-refractivity contribution in [2.24, 2.45) is 0 Å². The Balaban J connectivity index is 2.16. The minimum Gasteiger partial charge on any atom is -0.369 e. The van der Waals surface area contributed by atoms with Gasteiger partial charge < -0.3 is 10.2 Å². The molecule has 0 unspecified atom stereocenters. The summed E-state index contributed by atoms with van der Waals surface area (Å²) in [6.07, 6.45) is 0. The molecule has 2 rings (SSSR count). The minimum absolute atomic E-state index is 0.482. The van der Waals surface area contributed by atoms with Crippen LogP contribution in [0, 0.1) is 0 Å². The molecular weight excluding hydrogens is 412 g/mol. The highest BCUT2D eigenvalue weighted by Gasteiger charge is 2.10. The van der Waals surface area contributed by atoms with Gasteiger partial charge in [-0.15, -0.1) is 11.3 Å². The van der Waals surface area contributed by atoms with Crippen molar-refractivity contribution >= 4 is 48.9 Å². The summed E-state index contributed by atoms with van der Waals surface area (Å²) in [6.45, 7) is 6.15. The zero-order valence-electron chi connectivity index (χ0n) is 12.5. The molecule has 1 aromatic carbocycles. The number of nitrogens with zero attached hydrogens (tertiary/aromatic N) is 1. The molecule has 0 saturated heterocycles. The van der Waals surface area contributed by atoms with Crippen LogP contribution in [-0.2, 0) is 13.1 Å². The lowest BCUT2D eigenvalue weighted by Crippen LogP contribution is -2.24. The molecule has 21 heavy (non-hydrogen) atoms. The van der Waals surface area contributed by atoms with Crippen molar-refractivity contribution in [2.75, 3.05) is 11.9 Å². The fourth-order valence-corrected chi connectivity index (χ4v) is 4.05. The normalized spacial score (nSPS) is 11.1. The van der Waals surface area contributed by atoms with E-state index in [-0.39, 0.29) is 0 Å². The van der Waals surface area contributed by atoms with Crippen LogP contribution in [0.1, 0.15) is 24.3 Å². The van der Waals surface area contributed by atoms with E-state index in [1.807, 2.05) is 0 Å². The number of halogens is 2. The van der Waals surface area contributed by atoms with Crippen LogP contribution >= 0.6 is 43.2 Å². The fourth-order valence-electron chi connectivity index (χ4n) is 2.14. The monoisotopic (exact) mass is 430 g/mol. The molecule has 0 bridgehead atoms. The Morgan fingerprint density at radius 3 is 2.57 bits per heavy atom. The molecule has 2 aromatic rings. The quantitative estimate of drug-likeness (QED) is 0.657. The van der Waals surface area contributed by atoms with Crippen LogP contribution in [0.2, 0.25) is 0 Å². The number of anilines is 1. The molecule has 5 heteroatoms. The van der Waals surface area contributed by atoms with Crippen LogP contribution in [0.15, 0.2) is 38.6 Å². The highest BCUT2D eigenvalue weighted by atomic mass is 79.9. The highest BCUT2D eigenvalue weighted by molar-refractivity contribution is 9.10. The summed E-state index contributed by atoms with van der Waals surface area (Å²) in [6, 6.07) is 9.16. The van der Waals surface area contributed by atoms with Crippen molar-refractivity contribution in [1.82, 2.24) is 5.32 Å². The molecule has 2 nitrogen and oxygen atoms in total. The maximum atomic E-state index is 3.57. The van der Waals surface area contributed by atoms with Crippen LogP contribution in [0.5, 0.6) is 0 Å². The third-order valence-corrected chi connectivity index (χ3v) is 5.34. The van der Waals surface area contributed by atoms with E-state index in [1.165, 1.54) is 16.1 Å². The summed E-state index contributed by atoms with van der Waals surface area (Å²) in [5.41, 5.74) is 2.59. The maximum Gasteiger partial charge on any atom is 0.0520 e. The van der Waals surface area contributed by atoms with Crippen LogP contribution in [-0.4, -0.2) is 13.1 Å². The molecule has 0 amide bonds. The maximum absolute atomic E-state index is 3.57. The van der Waals surface area contributed by atoms with E-state index in [0.29, 0.717) is 6.04 Å². The van der Waals surface area contributed by atoms with Crippen LogP contribution < -0.4 is 10.2 Å². The second kappa shape index (κ2) is 7.77.